The lowest BCUT2D eigenvalue weighted by molar-refractivity contribution is 0.0940. The molecule has 3 nitrogen and oxygen atoms in total. The molecule has 1 atom stereocenters. The number of carbonyl (C=O) groups is 1. The van der Waals surface area contributed by atoms with Gasteiger partial charge in [0.1, 0.15) is 0 Å². The number of amides is 1. The van der Waals surface area contributed by atoms with E-state index in [2.05, 4.69) is 10.6 Å². The fraction of sp³-hybridized carbons (Fsp3) is 0.235. The van der Waals surface area contributed by atoms with Gasteiger partial charge in [0.05, 0.1) is 6.04 Å². The van der Waals surface area contributed by atoms with Gasteiger partial charge in [0.15, 0.2) is 0 Å². The van der Waals surface area contributed by atoms with Crippen LogP contribution in [0.15, 0.2) is 54.6 Å². The van der Waals surface area contributed by atoms with Gasteiger partial charge in [-0.15, -0.1) is 0 Å². The number of nitrogens with one attached hydrogen (secondary N) is 2. The minimum Gasteiger partial charge on any atom is -0.346 e. The summed E-state index contributed by atoms with van der Waals surface area (Å²) < 4.78 is 0. The third-order valence-corrected chi connectivity index (χ3v) is 3.24. The molecular weight excluding hydrogens is 248 g/mol. The summed E-state index contributed by atoms with van der Waals surface area (Å²) in [4.78, 5) is 12.2. The van der Waals surface area contributed by atoms with Crippen LogP contribution in [0.5, 0.6) is 0 Å². The normalized spacial score (nSPS) is 11.9. The van der Waals surface area contributed by atoms with Crippen molar-refractivity contribution in [2.24, 2.45) is 0 Å². The second-order valence-corrected chi connectivity index (χ2v) is 4.83. The highest BCUT2D eigenvalue weighted by Gasteiger charge is 2.10. The molecule has 2 N–H and O–H groups in total. The van der Waals surface area contributed by atoms with Gasteiger partial charge in [0.2, 0.25) is 0 Å². The monoisotopic (exact) mass is 268 g/mol. The Morgan fingerprint density at radius 2 is 1.70 bits per heavy atom. The molecule has 0 aromatic heterocycles. The maximum atomic E-state index is 12.2. The van der Waals surface area contributed by atoms with E-state index in [1.54, 1.807) is 0 Å². The molecule has 2 aromatic rings. The summed E-state index contributed by atoms with van der Waals surface area (Å²) in [5.41, 5.74) is 2.96. The third kappa shape index (κ3) is 3.68. The lowest BCUT2D eigenvalue weighted by Crippen LogP contribution is -2.26. The van der Waals surface area contributed by atoms with E-state index < -0.39 is 0 Å². The standard InChI is InChI=1S/C17H20N2O/c1-13(15-6-4-3-5-7-15)19-17(20)16-10-8-14(9-11-16)12-18-2/h3-11,13,18H,12H2,1-2H3,(H,19,20). The molecular formula is C17H20N2O. The Bertz CT molecular complexity index is 549. The van der Waals surface area contributed by atoms with Crippen LogP contribution in [0.3, 0.4) is 0 Å². The van der Waals surface area contributed by atoms with Gasteiger partial charge in [-0.3, -0.25) is 4.79 Å². The first-order valence-electron chi connectivity index (χ1n) is 6.80. The minimum atomic E-state index is -0.0441. The van der Waals surface area contributed by atoms with Crippen molar-refractivity contribution in [3.05, 3.63) is 71.3 Å². The summed E-state index contributed by atoms with van der Waals surface area (Å²) in [5, 5.41) is 6.10. The zero-order valence-corrected chi connectivity index (χ0v) is 11.9. The first-order valence-corrected chi connectivity index (χ1v) is 6.80. The van der Waals surface area contributed by atoms with E-state index in [0.29, 0.717) is 5.56 Å². The summed E-state index contributed by atoms with van der Waals surface area (Å²) in [5.74, 6) is -0.0441. The predicted molar refractivity (Wildman–Crippen MR) is 81.5 cm³/mol. The van der Waals surface area contributed by atoms with E-state index in [9.17, 15) is 4.79 Å². The van der Waals surface area contributed by atoms with Crippen molar-refractivity contribution in [1.29, 1.82) is 0 Å². The molecule has 0 saturated heterocycles. The third-order valence-electron chi connectivity index (χ3n) is 3.24. The zero-order chi connectivity index (χ0) is 14.4. The summed E-state index contributed by atoms with van der Waals surface area (Å²) in [7, 11) is 1.90. The van der Waals surface area contributed by atoms with Crippen LogP contribution in [0.4, 0.5) is 0 Å². The lowest BCUT2D eigenvalue weighted by atomic mass is 10.1. The maximum Gasteiger partial charge on any atom is 0.251 e. The Morgan fingerprint density at radius 3 is 2.30 bits per heavy atom. The highest BCUT2D eigenvalue weighted by atomic mass is 16.1. The van der Waals surface area contributed by atoms with E-state index in [4.69, 9.17) is 0 Å². The van der Waals surface area contributed by atoms with E-state index >= 15 is 0 Å². The van der Waals surface area contributed by atoms with Crippen LogP contribution in [0.25, 0.3) is 0 Å². The molecule has 104 valence electrons. The molecule has 0 aliphatic heterocycles. The van der Waals surface area contributed by atoms with Crippen molar-refractivity contribution in [2.45, 2.75) is 19.5 Å². The number of benzene rings is 2. The first-order chi connectivity index (χ1) is 9.70. The van der Waals surface area contributed by atoms with Crippen molar-refractivity contribution < 1.29 is 4.79 Å². The van der Waals surface area contributed by atoms with E-state index in [1.165, 1.54) is 5.56 Å². The Morgan fingerprint density at radius 1 is 1.05 bits per heavy atom. The predicted octanol–water partition coefficient (Wildman–Crippen LogP) is 2.90. The maximum absolute atomic E-state index is 12.2. The summed E-state index contributed by atoms with van der Waals surface area (Å²) >= 11 is 0. The Labute approximate surface area is 120 Å². The largest absolute Gasteiger partial charge is 0.346 e. The molecule has 2 rings (SSSR count). The second-order valence-electron chi connectivity index (χ2n) is 4.83. The molecule has 1 unspecified atom stereocenters. The molecule has 0 saturated carbocycles. The molecule has 0 heterocycles. The number of carbonyl (C=O) groups excluding carboxylic acids is 1. The molecule has 20 heavy (non-hydrogen) atoms. The van der Waals surface area contributed by atoms with Crippen LogP contribution in [0, 0.1) is 0 Å². The lowest BCUT2D eigenvalue weighted by Gasteiger charge is -2.14. The van der Waals surface area contributed by atoms with Gasteiger partial charge in [-0.25, -0.2) is 0 Å². The van der Waals surface area contributed by atoms with Gasteiger partial charge in [-0.05, 0) is 37.2 Å². The van der Waals surface area contributed by atoms with Gasteiger partial charge in [-0.2, -0.15) is 0 Å². The number of hydrogen-bond donors (Lipinski definition) is 2. The highest BCUT2D eigenvalue weighted by Crippen LogP contribution is 2.12. The van der Waals surface area contributed by atoms with Gasteiger partial charge in [0, 0.05) is 12.1 Å². The molecule has 1 amide bonds. The Balaban J connectivity index is 2.01. The number of hydrogen-bond acceptors (Lipinski definition) is 2. The van der Waals surface area contributed by atoms with E-state index in [-0.39, 0.29) is 11.9 Å². The second kappa shape index (κ2) is 6.87. The minimum absolute atomic E-state index is 0.000634. The van der Waals surface area contributed by atoms with Crippen LogP contribution in [0.2, 0.25) is 0 Å². The van der Waals surface area contributed by atoms with E-state index in [0.717, 1.165) is 12.1 Å². The molecule has 0 radical (unpaired) electrons. The van der Waals surface area contributed by atoms with Crippen molar-refractivity contribution in [2.75, 3.05) is 7.05 Å². The fourth-order valence-corrected chi connectivity index (χ4v) is 2.08. The van der Waals surface area contributed by atoms with Gasteiger partial charge in [-0.1, -0.05) is 42.5 Å². The highest BCUT2D eigenvalue weighted by molar-refractivity contribution is 5.94. The first kappa shape index (κ1) is 14.3. The average molecular weight is 268 g/mol. The molecule has 0 fully saturated rings. The molecule has 0 spiro atoms. The average Bonchev–Trinajstić information content (AvgIpc) is 2.49. The van der Waals surface area contributed by atoms with Crippen LogP contribution >= 0.6 is 0 Å². The van der Waals surface area contributed by atoms with E-state index in [1.807, 2.05) is 68.6 Å². The smallest absolute Gasteiger partial charge is 0.251 e. The van der Waals surface area contributed by atoms with Gasteiger partial charge in [0.25, 0.3) is 5.91 Å². The Kier molecular flexibility index (Phi) is 4.91. The topological polar surface area (TPSA) is 41.1 Å². The van der Waals surface area contributed by atoms with Crippen molar-refractivity contribution in [3.63, 3.8) is 0 Å². The number of rotatable bonds is 5. The van der Waals surface area contributed by atoms with Gasteiger partial charge >= 0.3 is 0 Å². The summed E-state index contributed by atoms with van der Waals surface area (Å²) in [6.45, 7) is 2.80. The summed E-state index contributed by atoms with van der Waals surface area (Å²) in [6, 6.07) is 17.6. The van der Waals surface area contributed by atoms with Crippen molar-refractivity contribution in [3.8, 4) is 0 Å². The molecule has 3 heteroatoms. The molecule has 0 aliphatic rings. The van der Waals surface area contributed by atoms with Crippen LogP contribution < -0.4 is 10.6 Å². The molecule has 0 bridgehead atoms. The van der Waals surface area contributed by atoms with Crippen molar-refractivity contribution >= 4 is 5.91 Å². The zero-order valence-electron chi connectivity index (χ0n) is 11.9. The van der Waals surface area contributed by atoms with Crippen LogP contribution in [0.1, 0.15) is 34.5 Å². The van der Waals surface area contributed by atoms with Crippen LogP contribution in [-0.4, -0.2) is 13.0 Å². The quantitative estimate of drug-likeness (QED) is 0.875. The van der Waals surface area contributed by atoms with Crippen LogP contribution in [-0.2, 0) is 6.54 Å². The molecule has 2 aromatic carbocycles. The summed E-state index contributed by atoms with van der Waals surface area (Å²) in [6.07, 6.45) is 0. The van der Waals surface area contributed by atoms with Gasteiger partial charge < -0.3 is 10.6 Å². The Hall–Kier alpha value is -2.13. The SMILES string of the molecule is CNCc1ccc(C(=O)NC(C)c2ccccc2)cc1. The van der Waals surface area contributed by atoms with Crippen molar-refractivity contribution in [1.82, 2.24) is 10.6 Å². The fourth-order valence-electron chi connectivity index (χ4n) is 2.08. The molecule has 0 aliphatic carbocycles.